The quantitative estimate of drug-likeness (QED) is 0.512. The lowest BCUT2D eigenvalue weighted by molar-refractivity contribution is -0.116. The van der Waals surface area contributed by atoms with Gasteiger partial charge in [-0.15, -0.1) is 0 Å². The van der Waals surface area contributed by atoms with Crippen LogP contribution in [0.25, 0.3) is 0 Å². The Morgan fingerprint density at radius 3 is 2.65 bits per heavy atom. The molecule has 34 heavy (non-hydrogen) atoms. The van der Waals surface area contributed by atoms with E-state index in [1.807, 2.05) is 56.3 Å². The number of hydrogen-bond acceptors (Lipinski definition) is 5. The molecule has 2 atom stereocenters. The molecule has 1 aliphatic carbocycles. The molecule has 0 fully saturated rings. The molecule has 0 saturated heterocycles. The number of aromatic nitrogens is 1. The van der Waals surface area contributed by atoms with Crippen LogP contribution in [0.5, 0.6) is 0 Å². The zero-order valence-electron chi connectivity index (χ0n) is 18.9. The molecule has 0 saturated carbocycles. The minimum absolute atomic E-state index is 0.0217. The van der Waals surface area contributed by atoms with Crippen LogP contribution in [0.1, 0.15) is 48.6 Å². The maximum atomic E-state index is 13.6. The number of carbonyl (C=O) groups excluding carboxylic acids is 2. The Morgan fingerprint density at radius 1 is 1.09 bits per heavy atom. The van der Waals surface area contributed by atoms with Crippen molar-refractivity contribution in [1.29, 1.82) is 0 Å². The Morgan fingerprint density at radius 2 is 1.91 bits per heavy atom. The summed E-state index contributed by atoms with van der Waals surface area (Å²) in [6, 6.07) is 16.5. The lowest BCUT2D eigenvalue weighted by Gasteiger charge is -2.36. The van der Waals surface area contributed by atoms with E-state index in [9.17, 15) is 9.59 Å². The van der Waals surface area contributed by atoms with Crippen LogP contribution < -0.4 is 10.6 Å². The molecule has 2 N–H and O–H groups in total. The molecule has 3 heterocycles. The number of hydrogen-bond donors (Lipinski definition) is 2. The van der Waals surface area contributed by atoms with Gasteiger partial charge in [-0.1, -0.05) is 35.9 Å². The van der Waals surface area contributed by atoms with Gasteiger partial charge in [0.05, 0.1) is 6.26 Å². The van der Waals surface area contributed by atoms with Crippen molar-refractivity contribution >= 4 is 29.1 Å². The number of anilines is 1. The third-order valence-electron chi connectivity index (χ3n) is 6.36. The fourth-order valence-corrected chi connectivity index (χ4v) is 5.13. The van der Waals surface area contributed by atoms with Crippen LogP contribution in [0.3, 0.4) is 0 Å². The summed E-state index contributed by atoms with van der Waals surface area (Å²) in [6.45, 7) is 3.72. The van der Waals surface area contributed by atoms with Crippen LogP contribution >= 0.6 is 11.6 Å². The molecule has 3 aromatic rings. The SMILES string of the molecule is CC1=C(C(=O)Nc2cccc(C)n2)[C@H](c2ccccc2Cl)C2=C(C[C@H](c3ccco3)CC2=O)N1. The first-order valence-electron chi connectivity index (χ1n) is 11.2. The van der Waals surface area contributed by atoms with Crippen LogP contribution in [0.15, 0.2) is 87.8 Å². The molecule has 1 aromatic carbocycles. The summed E-state index contributed by atoms with van der Waals surface area (Å²) < 4.78 is 5.59. The van der Waals surface area contributed by atoms with Gasteiger partial charge in [-0.25, -0.2) is 4.98 Å². The van der Waals surface area contributed by atoms with Crippen molar-refractivity contribution in [2.75, 3.05) is 5.32 Å². The van der Waals surface area contributed by atoms with E-state index < -0.39 is 5.92 Å². The van der Waals surface area contributed by atoms with Gasteiger partial charge in [0.1, 0.15) is 11.6 Å². The van der Waals surface area contributed by atoms with E-state index in [2.05, 4.69) is 15.6 Å². The third kappa shape index (κ3) is 4.05. The van der Waals surface area contributed by atoms with Crippen molar-refractivity contribution in [2.24, 2.45) is 0 Å². The highest BCUT2D eigenvalue weighted by atomic mass is 35.5. The smallest absolute Gasteiger partial charge is 0.255 e. The highest BCUT2D eigenvalue weighted by Crippen LogP contribution is 2.47. The topological polar surface area (TPSA) is 84.2 Å². The van der Waals surface area contributed by atoms with Gasteiger partial charge >= 0.3 is 0 Å². The van der Waals surface area contributed by atoms with E-state index in [1.165, 1.54) is 0 Å². The first kappa shape index (κ1) is 22.2. The second kappa shape index (κ2) is 8.95. The molecule has 1 aliphatic heterocycles. The lowest BCUT2D eigenvalue weighted by atomic mass is 9.72. The zero-order chi connectivity index (χ0) is 23.8. The van der Waals surface area contributed by atoms with Gasteiger partial charge in [0.25, 0.3) is 5.91 Å². The van der Waals surface area contributed by atoms with E-state index in [0.29, 0.717) is 40.5 Å². The number of furan rings is 1. The fraction of sp³-hybridized carbons (Fsp3) is 0.222. The minimum atomic E-state index is -0.584. The van der Waals surface area contributed by atoms with Crippen molar-refractivity contribution in [3.8, 4) is 0 Å². The molecule has 2 aromatic heterocycles. The van der Waals surface area contributed by atoms with Crippen molar-refractivity contribution in [1.82, 2.24) is 10.3 Å². The summed E-state index contributed by atoms with van der Waals surface area (Å²) in [5, 5.41) is 6.77. The van der Waals surface area contributed by atoms with Crippen LogP contribution in [-0.2, 0) is 9.59 Å². The summed E-state index contributed by atoms with van der Waals surface area (Å²) in [4.78, 5) is 31.5. The number of halogens is 1. The predicted molar refractivity (Wildman–Crippen MR) is 130 cm³/mol. The monoisotopic (exact) mass is 473 g/mol. The number of allylic oxidation sites excluding steroid dienone is 3. The Balaban J connectivity index is 1.58. The number of benzene rings is 1. The highest BCUT2D eigenvalue weighted by Gasteiger charge is 2.42. The summed E-state index contributed by atoms with van der Waals surface area (Å²) >= 11 is 6.61. The maximum absolute atomic E-state index is 13.6. The normalized spacial score (nSPS) is 20.1. The van der Waals surface area contributed by atoms with Gasteiger partial charge in [-0.05, 0) is 56.2 Å². The third-order valence-corrected chi connectivity index (χ3v) is 6.71. The Bertz CT molecular complexity index is 1340. The number of nitrogens with zero attached hydrogens (tertiary/aromatic N) is 1. The Labute approximate surface area is 202 Å². The van der Waals surface area contributed by atoms with Gasteiger partial charge in [0.2, 0.25) is 0 Å². The van der Waals surface area contributed by atoms with Gasteiger partial charge in [0.15, 0.2) is 5.78 Å². The number of carbonyl (C=O) groups is 2. The molecule has 172 valence electrons. The molecule has 2 aliphatic rings. The average molecular weight is 474 g/mol. The van der Waals surface area contributed by atoms with Gasteiger partial charge in [-0.3, -0.25) is 9.59 Å². The van der Waals surface area contributed by atoms with E-state index in [4.69, 9.17) is 16.0 Å². The largest absolute Gasteiger partial charge is 0.469 e. The summed E-state index contributed by atoms with van der Waals surface area (Å²) in [7, 11) is 0. The summed E-state index contributed by atoms with van der Waals surface area (Å²) in [5.41, 5.74) is 4.06. The van der Waals surface area contributed by atoms with E-state index in [-0.39, 0.29) is 17.6 Å². The number of Topliss-reactive ketones (excluding diaryl/α,β-unsaturated/α-hetero) is 1. The van der Waals surface area contributed by atoms with E-state index in [1.54, 1.807) is 18.4 Å². The van der Waals surface area contributed by atoms with Crippen molar-refractivity contribution in [2.45, 2.75) is 38.5 Å². The van der Waals surface area contributed by atoms with E-state index >= 15 is 0 Å². The maximum Gasteiger partial charge on any atom is 0.255 e. The molecule has 7 heteroatoms. The zero-order valence-corrected chi connectivity index (χ0v) is 19.6. The molecule has 0 radical (unpaired) electrons. The number of dihydropyridines is 1. The molecule has 6 nitrogen and oxygen atoms in total. The van der Waals surface area contributed by atoms with Gasteiger partial charge in [-0.2, -0.15) is 0 Å². The molecular weight excluding hydrogens is 450 g/mol. The first-order chi connectivity index (χ1) is 16.4. The molecule has 0 spiro atoms. The minimum Gasteiger partial charge on any atom is -0.469 e. The van der Waals surface area contributed by atoms with Crippen LogP contribution in [-0.4, -0.2) is 16.7 Å². The van der Waals surface area contributed by atoms with Crippen LogP contribution in [0.2, 0.25) is 5.02 Å². The number of rotatable bonds is 4. The molecule has 5 rings (SSSR count). The number of ketones is 1. The number of pyridine rings is 1. The lowest BCUT2D eigenvalue weighted by Crippen LogP contribution is -2.37. The Kier molecular flexibility index (Phi) is 5.84. The number of nitrogens with one attached hydrogen (secondary N) is 2. The second-order valence-electron chi connectivity index (χ2n) is 8.67. The molecule has 0 unspecified atom stereocenters. The molecule has 1 amide bonds. The van der Waals surface area contributed by atoms with Gasteiger partial charge < -0.3 is 15.1 Å². The van der Waals surface area contributed by atoms with Crippen LogP contribution in [0, 0.1) is 6.92 Å². The van der Waals surface area contributed by atoms with Crippen molar-refractivity contribution in [3.05, 3.63) is 105 Å². The molecule has 0 bridgehead atoms. The summed E-state index contributed by atoms with van der Waals surface area (Å²) in [6.07, 6.45) is 2.54. The second-order valence-corrected chi connectivity index (χ2v) is 9.08. The standard InChI is InChI=1S/C27H24ClN3O3/c1-15-7-5-11-23(29-15)31-27(33)24-16(2)30-20-13-17(22-10-6-12-34-22)14-21(32)26(20)25(24)18-8-3-4-9-19(18)28/h3-12,17,25,30H,13-14H2,1-2H3,(H,29,31,33)/t17-,25-/m0/s1. The fourth-order valence-electron chi connectivity index (χ4n) is 4.88. The first-order valence-corrected chi connectivity index (χ1v) is 11.6. The average Bonchev–Trinajstić information content (AvgIpc) is 3.33. The van der Waals surface area contributed by atoms with Crippen molar-refractivity contribution in [3.63, 3.8) is 0 Å². The number of amides is 1. The predicted octanol–water partition coefficient (Wildman–Crippen LogP) is 5.64. The Hall–Kier alpha value is -3.64. The highest BCUT2D eigenvalue weighted by molar-refractivity contribution is 6.31. The summed E-state index contributed by atoms with van der Waals surface area (Å²) in [5.74, 6) is 0.259. The van der Waals surface area contributed by atoms with Crippen molar-refractivity contribution < 1.29 is 14.0 Å². The van der Waals surface area contributed by atoms with Gasteiger partial charge in [0, 0.05) is 51.5 Å². The number of aryl methyl sites for hydroxylation is 1. The molecular formula is C27H24ClN3O3. The van der Waals surface area contributed by atoms with Crippen LogP contribution in [0.4, 0.5) is 5.82 Å². The van der Waals surface area contributed by atoms with E-state index in [0.717, 1.165) is 22.7 Å².